The fourth-order valence-electron chi connectivity index (χ4n) is 4.72. The van der Waals surface area contributed by atoms with E-state index in [1.165, 1.54) is 6.26 Å². The molecule has 1 amide bonds. The lowest BCUT2D eigenvalue weighted by atomic mass is 9.67. The summed E-state index contributed by atoms with van der Waals surface area (Å²) in [7, 11) is 0. The predicted molar refractivity (Wildman–Crippen MR) is 108 cm³/mol. The number of rotatable bonds is 2. The molecule has 0 radical (unpaired) electrons. The molecule has 1 aliphatic carbocycles. The maximum Gasteiger partial charge on any atom is 0.283 e. The van der Waals surface area contributed by atoms with E-state index in [0.29, 0.717) is 24.6 Å². The summed E-state index contributed by atoms with van der Waals surface area (Å²) in [6, 6.07) is 6.12. The molecule has 152 valence electrons. The van der Waals surface area contributed by atoms with E-state index in [2.05, 4.69) is 26.2 Å². The van der Waals surface area contributed by atoms with Crippen LogP contribution in [0.4, 0.5) is 0 Å². The lowest BCUT2D eigenvalue weighted by Gasteiger charge is -2.48. The summed E-state index contributed by atoms with van der Waals surface area (Å²) in [6.07, 6.45) is 3.69. The molecule has 4 atom stereocenters. The van der Waals surface area contributed by atoms with Crippen molar-refractivity contribution in [2.75, 3.05) is 6.61 Å². The minimum Gasteiger partial charge on any atom is -0.490 e. The number of aryl methyl sites for hydroxylation is 1. The molecule has 29 heavy (non-hydrogen) atoms. The third kappa shape index (κ3) is 3.08. The second-order valence-corrected chi connectivity index (χ2v) is 8.72. The molecular formula is C20H21BrN4O4. The lowest BCUT2D eigenvalue weighted by Crippen LogP contribution is -2.54. The average Bonchev–Trinajstić information content (AvgIpc) is 3.30. The van der Waals surface area contributed by atoms with Crippen LogP contribution < -0.4 is 15.8 Å². The van der Waals surface area contributed by atoms with Gasteiger partial charge in [0, 0.05) is 28.9 Å². The van der Waals surface area contributed by atoms with Gasteiger partial charge in [0.05, 0.1) is 0 Å². The van der Waals surface area contributed by atoms with Crippen LogP contribution in [0.25, 0.3) is 0 Å². The van der Waals surface area contributed by atoms with Gasteiger partial charge in [0.2, 0.25) is 0 Å². The molecule has 9 heteroatoms. The van der Waals surface area contributed by atoms with E-state index in [9.17, 15) is 4.79 Å². The molecule has 0 bridgehead atoms. The van der Waals surface area contributed by atoms with Gasteiger partial charge in [-0.25, -0.2) is 9.98 Å². The van der Waals surface area contributed by atoms with E-state index in [4.69, 9.17) is 24.6 Å². The van der Waals surface area contributed by atoms with E-state index in [0.717, 1.165) is 28.6 Å². The van der Waals surface area contributed by atoms with Gasteiger partial charge in [0.25, 0.3) is 11.9 Å². The fourth-order valence-corrected chi connectivity index (χ4v) is 5.08. The maximum atomic E-state index is 12.6. The minimum atomic E-state index is -0.611. The highest BCUT2D eigenvalue weighted by Gasteiger charge is 2.55. The van der Waals surface area contributed by atoms with Crippen molar-refractivity contribution in [3.8, 4) is 5.75 Å². The summed E-state index contributed by atoms with van der Waals surface area (Å²) < 4.78 is 18.1. The van der Waals surface area contributed by atoms with E-state index < -0.39 is 5.54 Å². The summed E-state index contributed by atoms with van der Waals surface area (Å²) in [5.41, 5.74) is 6.58. The summed E-state index contributed by atoms with van der Waals surface area (Å²) in [4.78, 5) is 21.4. The molecular weight excluding hydrogens is 440 g/mol. The molecule has 8 nitrogen and oxygen atoms in total. The molecule has 0 saturated heterocycles. The molecule has 2 aliphatic heterocycles. The quantitative estimate of drug-likeness (QED) is 0.712. The van der Waals surface area contributed by atoms with E-state index in [1.54, 1.807) is 6.92 Å². The number of carbonyl (C=O) groups is 1. The average molecular weight is 461 g/mol. The molecule has 3 N–H and O–H groups in total. The highest BCUT2D eigenvalue weighted by molar-refractivity contribution is 9.10. The van der Waals surface area contributed by atoms with Gasteiger partial charge in [-0.3, -0.25) is 4.79 Å². The zero-order valence-electron chi connectivity index (χ0n) is 15.9. The number of amides is 1. The Kier molecular flexibility index (Phi) is 4.31. The summed E-state index contributed by atoms with van der Waals surface area (Å²) in [5, 5.41) is 3.09. The molecule has 1 aromatic heterocycles. The Balaban J connectivity index is 1.45. The van der Waals surface area contributed by atoms with Gasteiger partial charge in [0.15, 0.2) is 11.6 Å². The van der Waals surface area contributed by atoms with Gasteiger partial charge in [-0.05, 0) is 37.5 Å². The van der Waals surface area contributed by atoms with Crippen molar-refractivity contribution in [1.29, 1.82) is 0 Å². The van der Waals surface area contributed by atoms with Crippen LogP contribution in [-0.4, -0.2) is 35.7 Å². The number of nitrogens with two attached hydrogens (primary N) is 1. The zero-order valence-corrected chi connectivity index (χ0v) is 17.4. The summed E-state index contributed by atoms with van der Waals surface area (Å²) >= 11 is 3.55. The van der Waals surface area contributed by atoms with Crippen molar-refractivity contribution in [3.05, 3.63) is 46.1 Å². The number of hydrogen-bond donors (Lipinski definition) is 2. The molecule has 1 fully saturated rings. The number of carbonyl (C=O) groups excluding carboxylic acids is 1. The van der Waals surface area contributed by atoms with Crippen LogP contribution >= 0.6 is 15.9 Å². The highest BCUT2D eigenvalue weighted by atomic mass is 79.9. The standard InChI is InChI=1S/C20H21BrN4O4/c1-10-23-15(8-27-10)18(26)24-12-3-5-17-14(7-12)20(9-28-19(22)25-20)13-6-11(21)2-4-16(13)29-17/h2,4,6,8,12,14,17H,3,5,7,9H2,1H3,(H2,22,25)(H,24,26). The number of aromatic nitrogens is 1. The summed E-state index contributed by atoms with van der Waals surface area (Å²) in [6.45, 7) is 2.08. The van der Waals surface area contributed by atoms with Gasteiger partial charge in [-0.1, -0.05) is 15.9 Å². The minimum absolute atomic E-state index is 0.00984. The number of nitrogens with one attached hydrogen (secondary N) is 1. The van der Waals surface area contributed by atoms with Crippen LogP contribution in [-0.2, 0) is 10.3 Å². The van der Waals surface area contributed by atoms with Crippen molar-refractivity contribution < 1.29 is 18.7 Å². The second-order valence-electron chi connectivity index (χ2n) is 7.80. The molecule has 3 aliphatic rings. The number of aliphatic imine (C=N–C) groups is 1. The third-order valence-corrected chi connectivity index (χ3v) is 6.52. The molecule has 2 aromatic rings. The van der Waals surface area contributed by atoms with Crippen molar-refractivity contribution in [2.45, 2.75) is 43.9 Å². The highest BCUT2D eigenvalue weighted by Crippen LogP contribution is 2.52. The van der Waals surface area contributed by atoms with Gasteiger partial charge in [-0.2, -0.15) is 0 Å². The van der Waals surface area contributed by atoms with Crippen LogP contribution in [0.2, 0.25) is 0 Å². The number of ether oxygens (including phenoxy) is 2. The van der Waals surface area contributed by atoms with Gasteiger partial charge < -0.3 is 24.9 Å². The number of oxazole rings is 1. The van der Waals surface area contributed by atoms with Crippen molar-refractivity contribution in [3.63, 3.8) is 0 Å². The Morgan fingerprint density at radius 3 is 2.97 bits per heavy atom. The van der Waals surface area contributed by atoms with Crippen LogP contribution in [0.3, 0.4) is 0 Å². The normalized spacial score (nSPS) is 30.0. The Bertz CT molecular complexity index is 1010. The molecule has 1 saturated carbocycles. The first kappa shape index (κ1) is 18.5. The van der Waals surface area contributed by atoms with Crippen LogP contribution in [0.5, 0.6) is 5.75 Å². The molecule has 3 heterocycles. The van der Waals surface area contributed by atoms with Crippen LogP contribution in [0.15, 0.2) is 38.3 Å². The van der Waals surface area contributed by atoms with Crippen LogP contribution in [0, 0.1) is 12.8 Å². The van der Waals surface area contributed by atoms with Crippen molar-refractivity contribution in [1.82, 2.24) is 10.3 Å². The first-order valence-electron chi connectivity index (χ1n) is 9.62. The zero-order chi connectivity index (χ0) is 20.2. The number of benzene rings is 1. The summed E-state index contributed by atoms with van der Waals surface area (Å²) in [5.74, 6) is 1.08. The second kappa shape index (κ2) is 6.76. The number of halogens is 1. The topological polar surface area (TPSA) is 112 Å². The maximum absolute atomic E-state index is 12.6. The number of hydrogen-bond acceptors (Lipinski definition) is 7. The fraction of sp³-hybridized carbons (Fsp3) is 0.450. The van der Waals surface area contributed by atoms with Crippen molar-refractivity contribution in [2.24, 2.45) is 16.6 Å². The number of fused-ring (bicyclic) bond motifs is 4. The Morgan fingerprint density at radius 2 is 2.24 bits per heavy atom. The molecule has 1 aromatic carbocycles. The third-order valence-electron chi connectivity index (χ3n) is 6.02. The van der Waals surface area contributed by atoms with Crippen LogP contribution in [0.1, 0.15) is 41.2 Å². The predicted octanol–water partition coefficient (Wildman–Crippen LogP) is 2.65. The van der Waals surface area contributed by atoms with E-state index >= 15 is 0 Å². The number of nitrogens with zero attached hydrogens (tertiary/aromatic N) is 2. The first-order valence-corrected chi connectivity index (χ1v) is 10.4. The molecule has 4 unspecified atom stereocenters. The largest absolute Gasteiger partial charge is 0.490 e. The lowest BCUT2D eigenvalue weighted by molar-refractivity contribution is -0.00194. The smallest absolute Gasteiger partial charge is 0.283 e. The van der Waals surface area contributed by atoms with Gasteiger partial charge in [-0.15, -0.1) is 0 Å². The Morgan fingerprint density at radius 1 is 1.38 bits per heavy atom. The van der Waals surface area contributed by atoms with Gasteiger partial charge in [0.1, 0.15) is 30.3 Å². The molecule has 5 rings (SSSR count). The molecule has 1 spiro atoms. The Hall–Kier alpha value is -2.55. The van der Waals surface area contributed by atoms with E-state index in [1.807, 2.05) is 18.2 Å². The van der Waals surface area contributed by atoms with Gasteiger partial charge >= 0.3 is 0 Å². The van der Waals surface area contributed by atoms with E-state index in [-0.39, 0.29) is 30.0 Å². The van der Waals surface area contributed by atoms with Crippen molar-refractivity contribution >= 4 is 27.9 Å². The monoisotopic (exact) mass is 460 g/mol. The first-order chi connectivity index (χ1) is 13.9. The number of amidine groups is 1. The Labute approximate surface area is 176 Å². The SMILES string of the molecule is Cc1nc(C(=O)NC2CCC3Oc4ccc(Br)cc4C4(COC(N)=N4)C3C2)co1.